The molecule has 5 N–H and O–H groups in total. The fourth-order valence-electron chi connectivity index (χ4n) is 3.26. The van der Waals surface area contributed by atoms with Gasteiger partial charge in [0.1, 0.15) is 11.5 Å². The van der Waals surface area contributed by atoms with Crippen LogP contribution in [0.5, 0.6) is 23.0 Å². The van der Waals surface area contributed by atoms with Crippen molar-refractivity contribution in [3.05, 3.63) is 60.2 Å². The van der Waals surface area contributed by atoms with Gasteiger partial charge in [0.25, 0.3) is 0 Å². The van der Waals surface area contributed by atoms with E-state index in [0.29, 0.717) is 37.3 Å². The van der Waals surface area contributed by atoms with Gasteiger partial charge in [-0.25, -0.2) is 9.59 Å². The van der Waals surface area contributed by atoms with Crippen molar-refractivity contribution in [1.29, 1.82) is 0 Å². The number of fused-ring (bicyclic) bond motifs is 1. The number of hydrogen-bond donors (Lipinski definition) is 5. The topological polar surface area (TPSA) is 155 Å². The van der Waals surface area contributed by atoms with Crippen molar-refractivity contribution in [1.82, 2.24) is 5.32 Å². The number of rotatable bonds is 12. The molecule has 0 aliphatic carbocycles. The number of aliphatic hydroxyl groups is 1. The monoisotopic (exact) mass is 459 g/mol. The predicted molar refractivity (Wildman–Crippen MR) is 116 cm³/mol. The van der Waals surface area contributed by atoms with Crippen molar-refractivity contribution in [3.63, 3.8) is 0 Å². The molecule has 33 heavy (non-hydrogen) atoms. The van der Waals surface area contributed by atoms with Crippen LogP contribution in [0.3, 0.4) is 0 Å². The normalized spacial score (nSPS) is 14.5. The maximum atomic E-state index is 11.4. The van der Waals surface area contributed by atoms with Crippen LogP contribution in [0.4, 0.5) is 0 Å². The molecular weight excluding hydrogens is 434 g/mol. The van der Waals surface area contributed by atoms with E-state index in [-0.39, 0.29) is 29.9 Å². The molecule has 0 radical (unpaired) electrons. The van der Waals surface area contributed by atoms with Gasteiger partial charge in [-0.05, 0) is 55.3 Å². The van der Waals surface area contributed by atoms with E-state index in [9.17, 15) is 30.0 Å². The summed E-state index contributed by atoms with van der Waals surface area (Å²) in [5.74, 6) is -5.63. The van der Waals surface area contributed by atoms with Gasteiger partial charge in [-0.15, -0.1) is 6.58 Å². The second-order valence-electron chi connectivity index (χ2n) is 7.36. The van der Waals surface area contributed by atoms with Crippen molar-refractivity contribution < 1.29 is 44.2 Å². The Bertz CT molecular complexity index is 1020. The van der Waals surface area contributed by atoms with E-state index >= 15 is 0 Å². The van der Waals surface area contributed by atoms with Crippen LogP contribution in [0, 0.1) is 0 Å². The van der Waals surface area contributed by atoms with E-state index in [1.807, 2.05) is 0 Å². The van der Waals surface area contributed by atoms with Crippen LogP contribution >= 0.6 is 0 Å². The summed E-state index contributed by atoms with van der Waals surface area (Å²) in [5.41, 5.74) is 1.17. The van der Waals surface area contributed by atoms with Gasteiger partial charge in [0, 0.05) is 11.6 Å². The fraction of sp³-hybridized carbons (Fsp3) is 0.304. The van der Waals surface area contributed by atoms with Gasteiger partial charge in [-0.2, -0.15) is 0 Å². The third kappa shape index (κ3) is 5.36. The minimum Gasteiger partial charge on any atom is -0.508 e. The van der Waals surface area contributed by atoms with Crippen molar-refractivity contribution in [2.75, 3.05) is 13.2 Å². The largest absolute Gasteiger partial charge is 0.508 e. The molecule has 0 aromatic heterocycles. The molecule has 1 heterocycles. The maximum Gasteiger partial charge on any atom is 0.453 e. The third-order valence-corrected chi connectivity index (χ3v) is 5.04. The Morgan fingerprint density at radius 1 is 1.12 bits per heavy atom. The summed E-state index contributed by atoms with van der Waals surface area (Å²) >= 11 is 0. The van der Waals surface area contributed by atoms with E-state index in [2.05, 4.69) is 11.9 Å². The number of nitrogens with one attached hydrogen (secondary N) is 1. The lowest BCUT2D eigenvalue weighted by molar-refractivity contribution is -0.194. The van der Waals surface area contributed by atoms with Crippen molar-refractivity contribution in [2.45, 2.75) is 31.3 Å². The van der Waals surface area contributed by atoms with Crippen LogP contribution < -0.4 is 19.5 Å². The number of ether oxygens (including phenoxy) is 3. The molecule has 1 aliphatic heterocycles. The highest BCUT2D eigenvalue weighted by molar-refractivity contribution is 6.01. The molecule has 10 heteroatoms. The van der Waals surface area contributed by atoms with E-state index < -0.39 is 17.7 Å². The minimum absolute atomic E-state index is 0.0143. The Kier molecular flexibility index (Phi) is 7.41. The lowest BCUT2D eigenvalue weighted by atomic mass is 10.1. The SMILES string of the molecule is C=C[C@H](Cc1ccc2c(c1)OC(C(=O)O)(C(=O)O)O2)NCCCOc1ccc(O)c(CO)c1. The number of carboxylic acids is 2. The summed E-state index contributed by atoms with van der Waals surface area (Å²) < 4.78 is 15.8. The minimum atomic E-state index is -2.79. The first-order chi connectivity index (χ1) is 15.8. The summed E-state index contributed by atoms with van der Waals surface area (Å²) in [5, 5.41) is 40.5. The van der Waals surface area contributed by atoms with Crippen molar-refractivity contribution in [3.8, 4) is 23.0 Å². The molecule has 0 saturated heterocycles. The molecule has 0 unspecified atom stereocenters. The fourth-order valence-corrected chi connectivity index (χ4v) is 3.26. The Hall–Kier alpha value is -3.76. The van der Waals surface area contributed by atoms with E-state index in [1.54, 1.807) is 30.3 Å². The highest BCUT2D eigenvalue weighted by atomic mass is 16.8. The molecule has 1 atom stereocenters. The van der Waals surface area contributed by atoms with Crippen molar-refractivity contribution >= 4 is 11.9 Å². The molecule has 0 amide bonds. The average Bonchev–Trinajstić information content (AvgIpc) is 3.19. The Morgan fingerprint density at radius 2 is 1.85 bits per heavy atom. The number of carbonyl (C=O) groups is 2. The van der Waals surface area contributed by atoms with Crippen molar-refractivity contribution in [2.24, 2.45) is 0 Å². The molecule has 0 fully saturated rings. The lowest BCUT2D eigenvalue weighted by Crippen LogP contribution is -2.54. The Balaban J connectivity index is 1.50. The van der Waals surface area contributed by atoms with Crippen LogP contribution in [0.1, 0.15) is 17.5 Å². The molecule has 0 spiro atoms. The van der Waals surface area contributed by atoms with Gasteiger partial charge < -0.3 is 40.0 Å². The van der Waals surface area contributed by atoms with Crippen LogP contribution in [-0.2, 0) is 22.6 Å². The summed E-state index contributed by atoms with van der Waals surface area (Å²) in [6.45, 7) is 4.58. The van der Waals surface area contributed by atoms with Gasteiger partial charge in [0.2, 0.25) is 0 Å². The molecule has 2 aromatic rings. The number of benzene rings is 2. The third-order valence-electron chi connectivity index (χ3n) is 5.04. The van der Waals surface area contributed by atoms with E-state index in [0.717, 1.165) is 5.56 Å². The molecule has 0 bridgehead atoms. The van der Waals surface area contributed by atoms with Crippen LogP contribution in [-0.4, -0.2) is 57.3 Å². The van der Waals surface area contributed by atoms with E-state index in [1.165, 1.54) is 12.1 Å². The quantitative estimate of drug-likeness (QED) is 0.180. The number of aliphatic hydroxyl groups excluding tert-OH is 1. The maximum absolute atomic E-state index is 11.4. The first kappa shape index (κ1) is 23.9. The summed E-state index contributed by atoms with van der Waals surface area (Å²) in [6, 6.07) is 9.29. The smallest absolute Gasteiger partial charge is 0.453 e. The zero-order valence-electron chi connectivity index (χ0n) is 17.7. The standard InChI is InChI=1S/C23H25NO9/c1-2-16(24-8-3-9-31-17-5-6-18(26)15(12-17)13-25)10-14-4-7-19-20(11-14)33-23(32-19,21(27)28)22(29)30/h2,4-7,11-12,16,24-26H,1,3,8-10,13H2,(H,27,28)(H,29,30)/t16-/m1/s1. The molecule has 176 valence electrons. The van der Waals surface area contributed by atoms with Gasteiger partial charge >= 0.3 is 17.7 Å². The lowest BCUT2D eigenvalue weighted by Gasteiger charge is -2.17. The van der Waals surface area contributed by atoms with Crippen LogP contribution in [0.15, 0.2) is 49.1 Å². The summed E-state index contributed by atoms with van der Waals surface area (Å²) in [7, 11) is 0. The molecule has 10 nitrogen and oxygen atoms in total. The first-order valence-electron chi connectivity index (χ1n) is 10.2. The zero-order valence-corrected chi connectivity index (χ0v) is 17.7. The first-order valence-corrected chi connectivity index (χ1v) is 10.2. The average molecular weight is 459 g/mol. The Morgan fingerprint density at radius 3 is 2.52 bits per heavy atom. The van der Waals surface area contributed by atoms with Gasteiger partial charge in [-0.1, -0.05) is 12.1 Å². The highest BCUT2D eigenvalue weighted by Crippen LogP contribution is 2.40. The van der Waals surface area contributed by atoms with E-state index in [4.69, 9.17) is 14.2 Å². The molecule has 0 saturated carbocycles. The predicted octanol–water partition coefficient (Wildman–Crippen LogP) is 1.68. The second kappa shape index (κ2) is 10.2. The van der Waals surface area contributed by atoms with Crippen LogP contribution in [0.25, 0.3) is 0 Å². The number of carboxylic acid groups (broad SMARTS) is 2. The zero-order chi connectivity index (χ0) is 24.0. The number of aromatic hydroxyl groups is 1. The van der Waals surface area contributed by atoms with Gasteiger partial charge in [0.15, 0.2) is 11.5 Å². The van der Waals surface area contributed by atoms with Gasteiger partial charge in [0.05, 0.1) is 13.2 Å². The molecular formula is C23H25NO9. The molecule has 3 rings (SSSR count). The highest BCUT2D eigenvalue weighted by Gasteiger charge is 2.57. The number of aliphatic carboxylic acids is 2. The summed E-state index contributed by atoms with van der Waals surface area (Å²) in [6.07, 6.45) is 2.92. The van der Waals surface area contributed by atoms with Crippen LogP contribution in [0.2, 0.25) is 0 Å². The summed E-state index contributed by atoms with van der Waals surface area (Å²) in [4.78, 5) is 22.7. The Labute approximate surface area is 189 Å². The second-order valence-corrected chi connectivity index (χ2v) is 7.36. The number of hydrogen-bond acceptors (Lipinski definition) is 8. The molecule has 1 aliphatic rings. The van der Waals surface area contributed by atoms with Gasteiger partial charge in [-0.3, -0.25) is 0 Å². The number of phenols is 1. The molecule has 2 aromatic carbocycles.